The number of aliphatic hydroxyl groups excluding tert-OH is 2. The predicted molar refractivity (Wildman–Crippen MR) is 178 cm³/mol. The fourth-order valence-electron chi connectivity index (χ4n) is 4.36. The van der Waals surface area contributed by atoms with E-state index in [2.05, 4.69) is 13.8 Å². The molecule has 4 N–H and O–H groups in total. The Morgan fingerprint density at radius 1 is 0.592 bits per heavy atom. The molecule has 0 atom stereocenters. The molecule has 0 saturated heterocycles. The third-order valence-corrected chi connectivity index (χ3v) is 7.16. The zero-order chi connectivity index (χ0) is 35.8. The van der Waals surface area contributed by atoms with E-state index in [1.165, 1.54) is 35.4 Å². The van der Waals surface area contributed by atoms with Crippen LogP contribution in [0.25, 0.3) is 0 Å². The van der Waals surface area contributed by atoms with Crippen LogP contribution in [-0.2, 0) is 14.9 Å². The van der Waals surface area contributed by atoms with Gasteiger partial charge in [-0.05, 0) is 83.9 Å². The molecule has 6 rings (SSSR count). The van der Waals surface area contributed by atoms with E-state index < -0.39 is 23.9 Å². The lowest BCUT2D eigenvalue weighted by molar-refractivity contribution is 0.0260. The minimum absolute atomic E-state index is 0.0119. The summed E-state index contributed by atoms with van der Waals surface area (Å²) < 4.78 is 20.4. The van der Waals surface area contributed by atoms with E-state index in [1.807, 2.05) is 48.5 Å². The van der Waals surface area contributed by atoms with Crippen molar-refractivity contribution < 1.29 is 58.6 Å². The number of aliphatic hydroxyl groups is 2. The normalized spacial score (nSPS) is 12.2. The number of benzene rings is 4. The van der Waals surface area contributed by atoms with Gasteiger partial charge in [0.2, 0.25) is 0 Å². The van der Waals surface area contributed by atoms with Crippen LogP contribution in [0.1, 0.15) is 66.4 Å². The molecule has 2 heterocycles. The highest BCUT2D eigenvalue weighted by atomic mass is 16.6. The number of aromatic carboxylic acids is 2. The first kappa shape index (κ1) is 37.7. The third-order valence-electron chi connectivity index (χ3n) is 7.16. The highest BCUT2D eigenvalue weighted by Crippen LogP contribution is 2.33. The van der Waals surface area contributed by atoms with E-state index in [0.717, 1.165) is 11.5 Å². The molecule has 12 nitrogen and oxygen atoms in total. The number of carbonyl (C=O) groups excluding carboxylic acids is 2. The summed E-state index contributed by atoms with van der Waals surface area (Å²) in [6.45, 7) is 5.17. The molecule has 49 heavy (non-hydrogen) atoms. The maximum absolute atomic E-state index is 11.3. The van der Waals surface area contributed by atoms with Crippen molar-refractivity contribution in [2.75, 3.05) is 39.6 Å². The summed E-state index contributed by atoms with van der Waals surface area (Å²) in [5, 5.41) is 34.5. The predicted octanol–water partition coefficient (Wildman–Crippen LogP) is 4.85. The Morgan fingerprint density at radius 2 is 0.918 bits per heavy atom. The summed E-state index contributed by atoms with van der Waals surface area (Å²) in [5.41, 5.74) is 3.27. The Balaban J connectivity index is 0.000000214. The van der Waals surface area contributed by atoms with E-state index in [9.17, 15) is 19.2 Å². The Kier molecular flexibility index (Phi) is 14.3. The average Bonchev–Trinajstić information content (AvgIpc) is 3.12. The lowest BCUT2D eigenvalue weighted by Gasteiger charge is -2.26. The van der Waals surface area contributed by atoms with Crippen LogP contribution in [0.2, 0.25) is 0 Å². The fraction of sp³-hybridized carbons (Fsp3) is 0.243. The molecule has 2 aliphatic rings. The summed E-state index contributed by atoms with van der Waals surface area (Å²) in [4.78, 5) is 43.2. The molecule has 0 amide bonds. The summed E-state index contributed by atoms with van der Waals surface area (Å²) in [6.07, 6.45) is 0. The third kappa shape index (κ3) is 11.5. The van der Waals surface area contributed by atoms with E-state index in [4.69, 9.17) is 39.4 Å². The van der Waals surface area contributed by atoms with Crippen LogP contribution in [0.3, 0.4) is 0 Å². The Bertz CT molecular complexity index is 1540. The monoisotopic (exact) mass is 674 g/mol. The van der Waals surface area contributed by atoms with Gasteiger partial charge in [-0.3, -0.25) is 0 Å². The van der Waals surface area contributed by atoms with Gasteiger partial charge in [-0.1, -0.05) is 38.1 Å². The number of ether oxygens (including phenoxy) is 4. The first-order valence-electron chi connectivity index (χ1n) is 15.2. The molecule has 0 saturated carbocycles. The summed E-state index contributed by atoms with van der Waals surface area (Å²) in [7, 11) is 0. The van der Waals surface area contributed by atoms with Gasteiger partial charge in [-0.2, -0.15) is 0 Å². The standard InChI is InChI=1S/C19H24O4.C10H8O4.C8H6O4/c1-19(2,15-3-7-17(8-4-15)22-13-11-20)16-5-9-18(10-6-16)23-14-12-21;11-9-7-1-2-8(4-3-7)10(12)14-6-5-13-9;9-7(10)5-1-2-6(4-3-5)8(11)12/h3-10,20-21H,11-14H2,1-2H3;1-4H,5-6H2;1-4H,(H,9,10)(H,11,12). The number of hydrogen-bond donors (Lipinski definition) is 4. The maximum atomic E-state index is 11.3. The first-order chi connectivity index (χ1) is 23.5. The van der Waals surface area contributed by atoms with Gasteiger partial charge in [-0.25, -0.2) is 19.2 Å². The lowest BCUT2D eigenvalue weighted by atomic mass is 9.78. The van der Waals surface area contributed by atoms with Gasteiger partial charge in [-0.15, -0.1) is 0 Å². The maximum Gasteiger partial charge on any atom is 0.338 e. The van der Waals surface area contributed by atoms with Crippen molar-refractivity contribution in [1.29, 1.82) is 0 Å². The number of carboxylic acid groups (broad SMARTS) is 2. The van der Waals surface area contributed by atoms with Crippen molar-refractivity contribution in [3.05, 3.63) is 130 Å². The highest BCUT2D eigenvalue weighted by molar-refractivity contribution is 5.93. The Morgan fingerprint density at radius 3 is 1.20 bits per heavy atom. The van der Waals surface area contributed by atoms with Crippen molar-refractivity contribution >= 4 is 23.9 Å². The summed E-state index contributed by atoms with van der Waals surface area (Å²) >= 11 is 0. The van der Waals surface area contributed by atoms with Crippen molar-refractivity contribution in [3.8, 4) is 11.5 Å². The van der Waals surface area contributed by atoms with E-state index in [-0.39, 0.29) is 43.0 Å². The fourth-order valence-corrected chi connectivity index (χ4v) is 4.36. The average molecular weight is 675 g/mol. The number of carbonyl (C=O) groups is 4. The van der Waals surface area contributed by atoms with E-state index >= 15 is 0 Å². The quantitative estimate of drug-likeness (QED) is 0.168. The van der Waals surface area contributed by atoms with Gasteiger partial charge >= 0.3 is 23.9 Å². The van der Waals surface area contributed by atoms with Gasteiger partial charge in [0, 0.05) is 5.41 Å². The van der Waals surface area contributed by atoms with Gasteiger partial charge < -0.3 is 39.4 Å². The summed E-state index contributed by atoms with van der Waals surface area (Å²) in [5.74, 6) is -1.40. The molecule has 2 aliphatic heterocycles. The van der Waals surface area contributed by atoms with Crippen LogP contribution in [0.15, 0.2) is 97.1 Å². The first-order valence-corrected chi connectivity index (χ1v) is 15.2. The van der Waals surface area contributed by atoms with Gasteiger partial charge in [0.15, 0.2) is 0 Å². The molecule has 0 aromatic heterocycles. The summed E-state index contributed by atoms with van der Waals surface area (Å²) in [6, 6.07) is 27.1. The molecular weight excluding hydrogens is 636 g/mol. The zero-order valence-corrected chi connectivity index (χ0v) is 27.0. The minimum atomic E-state index is -1.06. The van der Waals surface area contributed by atoms with Gasteiger partial charge in [0.05, 0.1) is 35.5 Å². The van der Waals surface area contributed by atoms with E-state index in [1.54, 1.807) is 24.3 Å². The molecule has 4 aromatic carbocycles. The Labute approximate surface area is 283 Å². The Hall–Kier alpha value is -5.72. The number of carboxylic acids is 2. The molecule has 0 aliphatic carbocycles. The van der Waals surface area contributed by atoms with Crippen molar-refractivity contribution in [3.63, 3.8) is 0 Å². The van der Waals surface area contributed by atoms with Crippen molar-refractivity contribution in [2.45, 2.75) is 19.3 Å². The number of esters is 2. The van der Waals surface area contributed by atoms with Gasteiger partial charge in [0.25, 0.3) is 0 Å². The van der Waals surface area contributed by atoms with Gasteiger partial charge in [0.1, 0.15) is 37.9 Å². The molecule has 4 aromatic rings. The second-order valence-electron chi connectivity index (χ2n) is 10.9. The van der Waals surface area contributed by atoms with Crippen LogP contribution in [0, 0.1) is 0 Å². The number of rotatable bonds is 10. The smallest absolute Gasteiger partial charge is 0.338 e. The number of fused-ring (bicyclic) bond motifs is 7. The molecular formula is C37H38O12. The SMILES string of the molecule is CC(C)(c1ccc(OCCO)cc1)c1ccc(OCCO)cc1.O=C(O)c1ccc(C(=O)O)cc1.O=C1OCCOC(=O)c2ccc1cc2. The van der Waals surface area contributed by atoms with Crippen LogP contribution in [0.5, 0.6) is 11.5 Å². The lowest BCUT2D eigenvalue weighted by Crippen LogP contribution is -2.18. The van der Waals surface area contributed by atoms with Crippen LogP contribution in [0.4, 0.5) is 0 Å². The minimum Gasteiger partial charge on any atom is -0.491 e. The molecule has 0 unspecified atom stereocenters. The van der Waals surface area contributed by atoms with Crippen LogP contribution in [-0.4, -0.2) is 83.9 Å². The van der Waals surface area contributed by atoms with Crippen molar-refractivity contribution in [2.24, 2.45) is 0 Å². The molecule has 0 fully saturated rings. The molecule has 0 spiro atoms. The highest BCUT2D eigenvalue weighted by Gasteiger charge is 2.23. The molecule has 2 bridgehead atoms. The second kappa shape index (κ2) is 18.6. The molecule has 0 radical (unpaired) electrons. The largest absolute Gasteiger partial charge is 0.491 e. The zero-order valence-electron chi connectivity index (χ0n) is 27.0. The molecule has 12 heteroatoms. The van der Waals surface area contributed by atoms with Crippen molar-refractivity contribution in [1.82, 2.24) is 0 Å². The van der Waals surface area contributed by atoms with Crippen LogP contribution >= 0.6 is 0 Å². The number of hydrogen-bond acceptors (Lipinski definition) is 10. The second-order valence-corrected chi connectivity index (χ2v) is 10.9. The van der Waals surface area contributed by atoms with Crippen LogP contribution < -0.4 is 9.47 Å². The molecule has 258 valence electrons. The topological polar surface area (TPSA) is 186 Å². The van der Waals surface area contributed by atoms with E-state index in [0.29, 0.717) is 24.3 Å².